The Morgan fingerprint density at radius 1 is 1.67 bits per heavy atom. The second-order valence-electron chi connectivity index (χ2n) is 3.86. The molecule has 2 N–H and O–H groups in total. The minimum absolute atomic E-state index is 0.00445. The lowest BCUT2D eigenvalue weighted by atomic mass is 10.1. The standard InChI is InChI=1S/C12H15NO2/c1-8(2)6-14-9-3-4-10-11(13)7-15-12(10)5-9/h3-5,11H,1,6-7,13H2,2H3. The molecule has 3 heteroatoms. The molecule has 1 aromatic carbocycles. The molecule has 0 aliphatic carbocycles. The monoisotopic (exact) mass is 205 g/mol. The summed E-state index contributed by atoms with van der Waals surface area (Å²) in [5.41, 5.74) is 7.89. The summed E-state index contributed by atoms with van der Waals surface area (Å²) in [4.78, 5) is 0. The van der Waals surface area contributed by atoms with E-state index in [1.54, 1.807) is 0 Å². The summed E-state index contributed by atoms with van der Waals surface area (Å²) in [6.45, 7) is 6.80. The number of ether oxygens (including phenoxy) is 2. The Labute approximate surface area is 89.5 Å². The van der Waals surface area contributed by atoms with Gasteiger partial charge in [-0.1, -0.05) is 6.58 Å². The first-order valence-electron chi connectivity index (χ1n) is 4.96. The van der Waals surface area contributed by atoms with E-state index in [0.29, 0.717) is 13.2 Å². The molecule has 1 aliphatic rings. The fourth-order valence-corrected chi connectivity index (χ4v) is 1.51. The summed E-state index contributed by atoms with van der Waals surface area (Å²) < 4.78 is 10.9. The molecule has 1 atom stereocenters. The normalized spacial score (nSPS) is 18.1. The van der Waals surface area contributed by atoms with Gasteiger partial charge in [0.25, 0.3) is 0 Å². The van der Waals surface area contributed by atoms with Crippen LogP contribution in [0.2, 0.25) is 0 Å². The summed E-state index contributed by atoms with van der Waals surface area (Å²) in [5.74, 6) is 1.63. The second kappa shape index (κ2) is 3.95. The molecule has 1 aliphatic heterocycles. The molecular weight excluding hydrogens is 190 g/mol. The Morgan fingerprint density at radius 3 is 3.20 bits per heavy atom. The fraction of sp³-hybridized carbons (Fsp3) is 0.333. The highest BCUT2D eigenvalue weighted by Gasteiger charge is 2.20. The van der Waals surface area contributed by atoms with Crippen molar-refractivity contribution >= 4 is 0 Å². The zero-order valence-corrected chi connectivity index (χ0v) is 8.82. The third-order valence-electron chi connectivity index (χ3n) is 2.29. The van der Waals surface area contributed by atoms with Gasteiger partial charge in [0.05, 0.1) is 6.04 Å². The van der Waals surface area contributed by atoms with Crippen molar-refractivity contribution in [2.45, 2.75) is 13.0 Å². The third-order valence-corrected chi connectivity index (χ3v) is 2.29. The van der Waals surface area contributed by atoms with Gasteiger partial charge in [0.1, 0.15) is 24.7 Å². The lowest BCUT2D eigenvalue weighted by Gasteiger charge is -2.07. The zero-order chi connectivity index (χ0) is 10.8. The van der Waals surface area contributed by atoms with Crippen LogP contribution in [0.4, 0.5) is 0 Å². The van der Waals surface area contributed by atoms with Gasteiger partial charge < -0.3 is 15.2 Å². The Balaban J connectivity index is 2.12. The molecule has 2 rings (SSSR count). The van der Waals surface area contributed by atoms with Crippen molar-refractivity contribution in [2.75, 3.05) is 13.2 Å². The molecule has 0 saturated heterocycles. The van der Waals surface area contributed by atoms with Gasteiger partial charge in [0.2, 0.25) is 0 Å². The van der Waals surface area contributed by atoms with Gasteiger partial charge in [-0.3, -0.25) is 0 Å². The van der Waals surface area contributed by atoms with E-state index in [9.17, 15) is 0 Å². The van der Waals surface area contributed by atoms with Crippen LogP contribution in [0.5, 0.6) is 11.5 Å². The average molecular weight is 205 g/mol. The van der Waals surface area contributed by atoms with Gasteiger partial charge >= 0.3 is 0 Å². The van der Waals surface area contributed by atoms with Crippen molar-refractivity contribution in [2.24, 2.45) is 5.73 Å². The summed E-state index contributed by atoms with van der Waals surface area (Å²) >= 11 is 0. The molecule has 1 heterocycles. The lowest BCUT2D eigenvalue weighted by Crippen LogP contribution is -2.10. The van der Waals surface area contributed by atoms with Crippen molar-refractivity contribution < 1.29 is 9.47 Å². The van der Waals surface area contributed by atoms with Gasteiger partial charge in [0, 0.05) is 11.6 Å². The molecule has 15 heavy (non-hydrogen) atoms. The van der Waals surface area contributed by atoms with Crippen LogP contribution in [0, 0.1) is 0 Å². The number of nitrogens with two attached hydrogens (primary N) is 1. The summed E-state index contributed by atoms with van der Waals surface area (Å²) in [6, 6.07) is 5.75. The van der Waals surface area contributed by atoms with Crippen LogP contribution in [0.25, 0.3) is 0 Å². The van der Waals surface area contributed by atoms with Gasteiger partial charge in [-0.05, 0) is 24.6 Å². The van der Waals surface area contributed by atoms with E-state index < -0.39 is 0 Å². The van der Waals surface area contributed by atoms with Crippen LogP contribution < -0.4 is 15.2 Å². The minimum atomic E-state index is -0.00445. The summed E-state index contributed by atoms with van der Waals surface area (Å²) in [6.07, 6.45) is 0. The van der Waals surface area contributed by atoms with Crippen molar-refractivity contribution in [1.82, 2.24) is 0 Å². The fourth-order valence-electron chi connectivity index (χ4n) is 1.51. The van der Waals surface area contributed by atoms with Gasteiger partial charge in [0.15, 0.2) is 0 Å². The van der Waals surface area contributed by atoms with Gasteiger partial charge in [-0.25, -0.2) is 0 Å². The number of fused-ring (bicyclic) bond motifs is 1. The topological polar surface area (TPSA) is 44.5 Å². The molecule has 0 saturated carbocycles. The van der Waals surface area contributed by atoms with Crippen LogP contribution in [0.15, 0.2) is 30.4 Å². The first-order valence-corrected chi connectivity index (χ1v) is 4.96. The number of benzene rings is 1. The molecule has 0 fully saturated rings. The highest BCUT2D eigenvalue weighted by molar-refractivity contribution is 5.44. The Hall–Kier alpha value is -1.48. The first-order chi connectivity index (χ1) is 7.16. The predicted molar refractivity (Wildman–Crippen MR) is 59.2 cm³/mol. The predicted octanol–water partition coefficient (Wildman–Crippen LogP) is 2.03. The van der Waals surface area contributed by atoms with E-state index in [1.807, 2.05) is 25.1 Å². The largest absolute Gasteiger partial charge is 0.491 e. The minimum Gasteiger partial charge on any atom is -0.491 e. The zero-order valence-electron chi connectivity index (χ0n) is 8.82. The molecular formula is C12H15NO2. The molecule has 3 nitrogen and oxygen atoms in total. The number of rotatable bonds is 3. The summed E-state index contributed by atoms with van der Waals surface area (Å²) in [5, 5.41) is 0. The smallest absolute Gasteiger partial charge is 0.127 e. The highest BCUT2D eigenvalue weighted by atomic mass is 16.5. The molecule has 0 bridgehead atoms. The maximum absolute atomic E-state index is 5.84. The quantitative estimate of drug-likeness (QED) is 0.768. The van der Waals surface area contributed by atoms with Crippen LogP contribution >= 0.6 is 0 Å². The molecule has 1 aromatic rings. The average Bonchev–Trinajstić information content (AvgIpc) is 2.57. The van der Waals surface area contributed by atoms with Crippen LogP contribution in [0.1, 0.15) is 18.5 Å². The van der Waals surface area contributed by atoms with E-state index in [0.717, 1.165) is 22.6 Å². The number of hydrogen-bond acceptors (Lipinski definition) is 3. The van der Waals surface area contributed by atoms with E-state index >= 15 is 0 Å². The van der Waals surface area contributed by atoms with E-state index in [-0.39, 0.29) is 6.04 Å². The Kier molecular flexibility index (Phi) is 2.64. The molecule has 0 aromatic heterocycles. The van der Waals surface area contributed by atoms with Crippen LogP contribution in [-0.4, -0.2) is 13.2 Å². The van der Waals surface area contributed by atoms with Gasteiger partial charge in [-0.15, -0.1) is 0 Å². The van der Waals surface area contributed by atoms with Crippen molar-refractivity contribution in [1.29, 1.82) is 0 Å². The van der Waals surface area contributed by atoms with Crippen LogP contribution in [0.3, 0.4) is 0 Å². The Morgan fingerprint density at radius 2 is 2.47 bits per heavy atom. The molecule has 0 amide bonds. The van der Waals surface area contributed by atoms with Crippen molar-refractivity contribution in [3.05, 3.63) is 35.9 Å². The Bertz CT molecular complexity index is 387. The molecule has 0 radical (unpaired) electrons. The maximum Gasteiger partial charge on any atom is 0.127 e. The first kappa shape index (κ1) is 10.1. The van der Waals surface area contributed by atoms with E-state index in [2.05, 4.69) is 6.58 Å². The van der Waals surface area contributed by atoms with Crippen molar-refractivity contribution in [3.8, 4) is 11.5 Å². The second-order valence-corrected chi connectivity index (χ2v) is 3.86. The summed E-state index contributed by atoms with van der Waals surface area (Å²) in [7, 11) is 0. The van der Waals surface area contributed by atoms with E-state index in [1.165, 1.54) is 0 Å². The third kappa shape index (κ3) is 2.13. The SMILES string of the molecule is C=C(C)COc1ccc2c(c1)OCC2N. The maximum atomic E-state index is 5.84. The number of hydrogen-bond donors (Lipinski definition) is 1. The van der Waals surface area contributed by atoms with Gasteiger partial charge in [-0.2, -0.15) is 0 Å². The van der Waals surface area contributed by atoms with E-state index in [4.69, 9.17) is 15.2 Å². The molecule has 0 spiro atoms. The van der Waals surface area contributed by atoms with Crippen LogP contribution in [-0.2, 0) is 0 Å². The molecule has 80 valence electrons. The highest BCUT2D eigenvalue weighted by Crippen LogP contribution is 2.33. The lowest BCUT2D eigenvalue weighted by molar-refractivity contribution is 0.326. The van der Waals surface area contributed by atoms with Crippen molar-refractivity contribution in [3.63, 3.8) is 0 Å². The molecule has 1 unspecified atom stereocenters.